The standard InChI is InChI=1S/C46H54FN5O7S2.C29H38FN3O6S.C17H17ClN2OS.2CH4/c1-27(2)37-26-60-42(50-37)36-22-34-28(3)40(58-5)17-16-33(34)41(49-36)59-32-21-38-39(53)24-46(44(55)51-61(56,57)45(4)18-19-45)23-29(46)12-9-7-6-8-10-15-35(43(54)52(38)25-32)48-31-14-11-13-30(47)20-31;1-28(12-13-28)40(38,39)32-27(37)29-16-19(29)8-5-3-2-4-6-11-23(31-21-10-7-9-20(30)14-21)26(36)33-18-22(34)15-24(33)25(35)17-29;1-9(2)14-8-22-17(20-14)13-7-12-10(3)15(21-4)6-5-11(12)16(18)19-13;;/h9,11-14,16-17,20,22,26-27,29,32,35,38,48H,6-8,10,15,18-19,21,23-25H2,1-5H3,(H,51,55);5,7-10,14,19,22-24,31,34H,2-4,6,11-13,15-18H2,1H3,(H,32,37);5-9H,1-4H3;2*1H4/b12-9-;8-5-;;;/t29-,32-,35+,38+,46-;19-,22-,23+,24+,29-;;;/m11.../s1. The molecule has 2 saturated heterocycles. The molecule has 4 aromatic carbocycles. The zero-order chi connectivity index (χ0) is 87.8. The van der Waals surface area contributed by atoms with Crippen LogP contribution in [0.4, 0.5) is 20.2 Å². The van der Waals surface area contributed by atoms with Crippen molar-refractivity contribution in [3.05, 3.63) is 159 Å². The van der Waals surface area contributed by atoms with E-state index in [-0.39, 0.29) is 94.8 Å². The average Bonchev–Trinajstić information content (AvgIpc) is 1.58. The molecule has 0 bridgehead atoms. The van der Waals surface area contributed by atoms with Gasteiger partial charge in [0.2, 0.25) is 49.6 Å². The van der Waals surface area contributed by atoms with Gasteiger partial charge in [0.15, 0.2) is 11.6 Å². The predicted molar refractivity (Wildman–Crippen MR) is 487 cm³/mol. The third-order valence-corrected chi connectivity index (χ3v) is 32.2. The van der Waals surface area contributed by atoms with Crippen LogP contribution in [-0.2, 0) is 48.8 Å². The van der Waals surface area contributed by atoms with Crippen molar-refractivity contribution in [2.75, 3.05) is 37.9 Å². The summed E-state index contributed by atoms with van der Waals surface area (Å²) in [6.07, 6.45) is 15.7. The molecule has 4 saturated carbocycles. The van der Waals surface area contributed by atoms with Crippen LogP contribution >= 0.6 is 34.3 Å². The Balaban J connectivity index is 0.000000190. The number of sulfonamides is 2. The SMILES string of the molecule is C.C.CC1(S(=O)(=O)NC(=O)[C@]23CC(=O)[C@@H]4C[C@@H](O)CN4C(=O)[C@@H](Nc4cccc(F)c4)CCCCC/C=C\[C@@H]2C3)CC1.COc1ccc2c(Cl)nc(-c3nc(C(C)C)cs3)cc2c1C.COc1ccc2c(O[C@@H]3C[C@H]4C(=O)C[C@]5(C(=O)NS(=O)(=O)C6(C)CC6)C[C@H]5/C=C\CCCCC[C@H](Nc5cccc(F)c5)C(=O)N4C3)nc(-c3nc(C(C)C)cs3)cc2c1C. The summed E-state index contributed by atoms with van der Waals surface area (Å²) in [5.74, 6) is -1.76. The van der Waals surface area contributed by atoms with Gasteiger partial charge in [0.05, 0.1) is 70.7 Å². The second-order valence-corrected chi connectivity index (χ2v) is 41.9. The van der Waals surface area contributed by atoms with Gasteiger partial charge in [-0.05, 0) is 223 Å². The molecule has 8 heterocycles. The minimum absolute atomic E-state index is 0. The van der Waals surface area contributed by atoms with E-state index in [1.165, 1.54) is 40.5 Å². The number of hydrogen-bond donors (Lipinski definition) is 5. The number of benzene rings is 4. The lowest BCUT2D eigenvalue weighted by molar-refractivity contribution is -0.140. The van der Waals surface area contributed by atoms with E-state index in [0.29, 0.717) is 97.6 Å². The molecule has 4 aliphatic carbocycles. The van der Waals surface area contributed by atoms with Gasteiger partial charge in [-0.1, -0.05) is 116 Å². The molecule has 0 unspecified atom stereocenters. The Labute approximate surface area is 745 Å². The number of nitrogens with zero attached hydrogens (tertiary/aromatic N) is 6. The first kappa shape index (κ1) is 94.8. The van der Waals surface area contributed by atoms with E-state index in [1.54, 1.807) is 68.6 Å². The quantitative estimate of drug-likeness (QED) is 0.0393. The average molecular weight is 1810 g/mol. The van der Waals surface area contributed by atoms with Crippen molar-refractivity contribution in [2.24, 2.45) is 22.7 Å². The number of ketones is 2. The number of halogens is 3. The fourth-order valence-corrected chi connectivity index (χ4v) is 21.9. The number of aromatic nitrogens is 4. The molecule has 8 aliphatic rings. The molecule has 0 radical (unpaired) electrons. The lowest BCUT2D eigenvalue weighted by Crippen LogP contribution is -2.49. The van der Waals surface area contributed by atoms with Crippen molar-refractivity contribution in [1.82, 2.24) is 39.2 Å². The van der Waals surface area contributed by atoms with E-state index in [4.69, 9.17) is 35.8 Å². The van der Waals surface area contributed by atoms with Crippen molar-refractivity contribution in [3.63, 3.8) is 0 Å². The van der Waals surface area contributed by atoms with Crippen LogP contribution in [0.25, 0.3) is 42.9 Å². The topological polar surface area (TPSA) is 325 Å². The highest BCUT2D eigenvalue weighted by atomic mass is 35.5. The van der Waals surface area contributed by atoms with Gasteiger partial charge in [-0.25, -0.2) is 45.6 Å². The number of methoxy groups -OCH3 is 2. The van der Waals surface area contributed by atoms with Crippen LogP contribution in [0, 0.1) is 48.1 Å². The molecule has 5 N–H and O–H groups in total. The number of anilines is 2. The molecule has 4 amide bonds. The summed E-state index contributed by atoms with van der Waals surface area (Å²) >= 11 is 9.47. The lowest BCUT2D eigenvalue weighted by atomic mass is 9.91. The number of pyridine rings is 2. The van der Waals surface area contributed by atoms with Crippen molar-refractivity contribution >= 4 is 122 Å². The Hall–Kier alpha value is -9.33. The number of Topliss-reactive ketones (excluding diaryl/α,β-unsaturated/α-hetero) is 2. The molecule has 125 heavy (non-hydrogen) atoms. The molecule has 0 spiro atoms. The van der Waals surface area contributed by atoms with E-state index < -0.39 is 100 Å². The molecule has 4 aromatic heterocycles. The summed E-state index contributed by atoms with van der Waals surface area (Å²) in [5.41, 5.74) is 3.82. The fourth-order valence-electron chi connectivity index (χ4n) is 17.1. The second kappa shape index (κ2) is 38.7. The van der Waals surface area contributed by atoms with E-state index in [2.05, 4.69) is 63.1 Å². The van der Waals surface area contributed by atoms with Crippen molar-refractivity contribution in [1.29, 1.82) is 0 Å². The van der Waals surface area contributed by atoms with Gasteiger partial charge in [0.25, 0.3) is 0 Å². The van der Waals surface area contributed by atoms with Crippen LogP contribution in [0.5, 0.6) is 17.4 Å². The third-order valence-electron chi connectivity index (χ3n) is 25.8. The van der Waals surface area contributed by atoms with E-state index >= 15 is 0 Å². The van der Waals surface area contributed by atoms with Crippen LogP contribution in [-0.4, -0.2) is 160 Å². The Morgan fingerprint density at radius 3 is 1.46 bits per heavy atom. The van der Waals surface area contributed by atoms with E-state index in [0.717, 1.165) is 110 Å². The summed E-state index contributed by atoms with van der Waals surface area (Å²) in [6, 6.07) is 20.0. The smallest absolute Gasteiger partial charge is 0.245 e. The molecule has 10 atom stereocenters. The van der Waals surface area contributed by atoms with Crippen LogP contribution in [0.1, 0.15) is 219 Å². The number of nitrogens with one attached hydrogen (secondary N) is 4. The summed E-state index contributed by atoms with van der Waals surface area (Å²) in [6.45, 7) is 15.7. The zero-order valence-corrected chi connectivity index (χ0v) is 75.1. The number of carbonyl (C=O) groups excluding carboxylic acids is 6. The van der Waals surface area contributed by atoms with Gasteiger partial charge in [-0.2, -0.15) is 0 Å². The first-order valence-corrected chi connectivity index (χ1v) is 47.7. The van der Waals surface area contributed by atoms with Gasteiger partial charge in [-0.3, -0.25) is 38.2 Å². The highest BCUT2D eigenvalue weighted by molar-refractivity contribution is 7.92. The second-order valence-electron chi connectivity index (χ2n) is 35.5. The molecular formula is C94H117ClF2N10O14S4. The van der Waals surface area contributed by atoms with Gasteiger partial charge in [-0.15, -0.1) is 22.7 Å². The molecule has 31 heteroatoms. The zero-order valence-electron chi connectivity index (χ0n) is 71.1. The third kappa shape index (κ3) is 20.8. The minimum Gasteiger partial charge on any atom is -0.496 e. The molecule has 8 aromatic rings. The number of hydrogen-bond acceptors (Lipinski definition) is 22. The Morgan fingerprint density at radius 1 is 0.576 bits per heavy atom. The number of carbonyl (C=O) groups is 6. The number of aliphatic hydroxyl groups is 1. The molecular weight excluding hydrogens is 1690 g/mol. The number of rotatable bonds is 18. The van der Waals surface area contributed by atoms with Crippen LogP contribution in [0.2, 0.25) is 5.15 Å². The van der Waals surface area contributed by atoms with Crippen LogP contribution in [0.15, 0.2) is 120 Å². The van der Waals surface area contributed by atoms with E-state index in [9.17, 15) is 59.5 Å². The van der Waals surface area contributed by atoms with E-state index in [1.807, 2.05) is 79.9 Å². The van der Waals surface area contributed by atoms with Gasteiger partial charge in [0.1, 0.15) is 67.9 Å². The summed E-state index contributed by atoms with van der Waals surface area (Å²) < 4.78 is 101. The van der Waals surface area contributed by atoms with Gasteiger partial charge < -0.3 is 39.8 Å². The normalized spacial score (nSPS) is 25.2. The molecule has 6 fully saturated rings. The van der Waals surface area contributed by atoms with Crippen LogP contribution < -0.4 is 34.3 Å². The van der Waals surface area contributed by atoms with Crippen molar-refractivity contribution in [3.8, 4) is 38.8 Å². The Morgan fingerprint density at radius 2 is 1.02 bits per heavy atom. The molecule has 672 valence electrons. The summed E-state index contributed by atoms with van der Waals surface area (Å²) in [4.78, 5) is 107. The predicted octanol–water partition coefficient (Wildman–Crippen LogP) is 18.0. The number of fused-ring (bicyclic) bond motifs is 6. The highest BCUT2D eigenvalue weighted by Gasteiger charge is 2.64. The first-order valence-electron chi connectivity index (χ1n) is 42.6. The first-order chi connectivity index (χ1) is 58.6. The number of allylic oxidation sites excluding steroid dienone is 4. The van der Waals surface area contributed by atoms with Crippen LogP contribution in [0.3, 0.4) is 0 Å². The maximum Gasteiger partial charge on any atom is 0.245 e. The maximum absolute atomic E-state index is 14.9. The number of aryl methyl sites for hydroxylation is 2. The Kier molecular flexibility index (Phi) is 29.3. The van der Waals surface area contributed by atoms with Crippen molar-refractivity contribution in [2.45, 2.75) is 256 Å². The minimum atomic E-state index is -3.97. The largest absolute Gasteiger partial charge is 0.496 e. The highest BCUT2D eigenvalue weighted by Crippen LogP contribution is 2.59. The molecule has 24 nitrogen and oxygen atoms in total. The van der Waals surface area contributed by atoms with Crippen molar-refractivity contribution < 1.29 is 73.7 Å². The van der Waals surface area contributed by atoms with Gasteiger partial charge >= 0.3 is 0 Å². The number of amides is 4. The summed E-state index contributed by atoms with van der Waals surface area (Å²) in [7, 11) is -4.55. The molecule has 4 aliphatic heterocycles. The lowest BCUT2D eigenvalue weighted by Gasteiger charge is -2.30. The maximum atomic E-state index is 14.9. The summed E-state index contributed by atoms with van der Waals surface area (Å²) in [5, 5.41) is 26.7. The monoisotopic (exact) mass is 1810 g/mol. The van der Waals surface area contributed by atoms with Gasteiger partial charge in [0, 0.05) is 65.1 Å². The number of aliphatic hydroxyl groups excluding tert-OH is 1. The fraction of sp³-hybridized carbons (Fsp3) is 0.511. The number of thiazole rings is 2. The molecule has 16 rings (SSSR count). The Bertz CT molecular complexity index is 5680. The number of ether oxygens (including phenoxy) is 3.